The number of nitrogens with one attached hydrogen (secondary N) is 1. The molecule has 0 unspecified atom stereocenters. The highest BCUT2D eigenvalue weighted by atomic mass is 16.2. The minimum absolute atomic E-state index is 0.00409. The maximum absolute atomic E-state index is 12.8. The van der Waals surface area contributed by atoms with Crippen LogP contribution in [0.25, 0.3) is 0 Å². The van der Waals surface area contributed by atoms with Crippen LogP contribution in [0.15, 0.2) is 24.3 Å². The fraction of sp³-hybridized carbons (Fsp3) is 0.550. The molecule has 0 saturated carbocycles. The van der Waals surface area contributed by atoms with Gasteiger partial charge >= 0.3 is 0 Å². The third kappa shape index (κ3) is 3.89. The van der Waals surface area contributed by atoms with Crippen molar-refractivity contribution in [3.8, 4) is 0 Å². The summed E-state index contributed by atoms with van der Waals surface area (Å²) in [5.74, 6) is -0.161. The van der Waals surface area contributed by atoms with E-state index in [-0.39, 0.29) is 36.0 Å². The molecule has 0 bridgehead atoms. The molecule has 1 N–H and O–H groups in total. The molecular weight excluding hydrogens is 330 g/mol. The number of hydrogen-bond donors (Lipinski definition) is 1. The van der Waals surface area contributed by atoms with Crippen LogP contribution >= 0.6 is 0 Å². The number of amides is 3. The Balaban J connectivity index is 1.57. The van der Waals surface area contributed by atoms with Gasteiger partial charge < -0.3 is 15.1 Å². The van der Waals surface area contributed by atoms with E-state index in [2.05, 4.69) is 5.32 Å². The Labute approximate surface area is 154 Å². The van der Waals surface area contributed by atoms with Crippen molar-refractivity contribution in [1.29, 1.82) is 0 Å². The molecule has 3 rings (SSSR count). The minimum Gasteiger partial charge on any atom is -0.356 e. The number of hydrogen-bond acceptors (Lipinski definition) is 3. The van der Waals surface area contributed by atoms with Gasteiger partial charge in [-0.3, -0.25) is 14.4 Å². The maximum Gasteiger partial charge on any atom is 0.228 e. The first-order chi connectivity index (χ1) is 12.5. The topological polar surface area (TPSA) is 69.7 Å². The van der Waals surface area contributed by atoms with Crippen LogP contribution in [0.4, 0.5) is 5.69 Å². The highest BCUT2D eigenvalue weighted by Gasteiger charge is 2.38. The quantitative estimate of drug-likeness (QED) is 0.892. The molecule has 0 aromatic heterocycles. The number of anilines is 1. The summed E-state index contributed by atoms with van der Waals surface area (Å²) >= 11 is 0. The Morgan fingerprint density at radius 3 is 2.38 bits per heavy atom. The van der Waals surface area contributed by atoms with Crippen LogP contribution in [0.3, 0.4) is 0 Å². The monoisotopic (exact) mass is 357 g/mol. The van der Waals surface area contributed by atoms with Crippen molar-refractivity contribution in [1.82, 2.24) is 10.2 Å². The van der Waals surface area contributed by atoms with Crippen molar-refractivity contribution in [2.45, 2.75) is 33.1 Å². The highest BCUT2D eigenvalue weighted by molar-refractivity contribution is 6.00. The number of likely N-dealkylation sites (tertiary alicyclic amines) is 1. The Morgan fingerprint density at radius 1 is 1.12 bits per heavy atom. The first-order valence-corrected chi connectivity index (χ1v) is 9.43. The summed E-state index contributed by atoms with van der Waals surface area (Å²) in [5.41, 5.74) is 1.99. The van der Waals surface area contributed by atoms with Gasteiger partial charge in [-0.2, -0.15) is 0 Å². The van der Waals surface area contributed by atoms with E-state index in [1.54, 1.807) is 4.90 Å². The van der Waals surface area contributed by atoms with Gasteiger partial charge in [-0.05, 0) is 38.8 Å². The summed E-state index contributed by atoms with van der Waals surface area (Å²) in [6.45, 7) is 6.18. The number of rotatable bonds is 4. The second kappa shape index (κ2) is 7.89. The van der Waals surface area contributed by atoms with E-state index in [1.165, 1.54) is 0 Å². The zero-order valence-corrected chi connectivity index (χ0v) is 15.5. The minimum atomic E-state index is -0.287. The van der Waals surface area contributed by atoms with Gasteiger partial charge in [0.25, 0.3) is 0 Å². The summed E-state index contributed by atoms with van der Waals surface area (Å²) in [4.78, 5) is 40.7. The Morgan fingerprint density at radius 2 is 1.77 bits per heavy atom. The molecule has 2 aliphatic rings. The van der Waals surface area contributed by atoms with E-state index in [0.717, 1.165) is 11.3 Å². The van der Waals surface area contributed by atoms with Gasteiger partial charge in [0.15, 0.2) is 0 Å². The lowest BCUT2D eigenvalue weighted by molar-refractivity contribution is -0.139. The van der Waals surface area contributed by atoms with Gasteiger partial charge in [0.05, 0.1) is 5.92 Å². The SMILES string of the molecule is CCNC(=O)C1CCN(C(=O)[C@H]2CC(=O)N(c3ccc(C)cc3)C2)CC1. The van der Waals surface area contributed by atoms with Crippen LogP contribution in [-0.2, 0) is 14.4 Å². The molecule has 6 nitrogen and oxygen atoms in total. The largest absolute Gasteiger partial charge is 0.356 e. The van der Waals surface area contributed by atoms with Crippen LogP contribution < -0.4 is 10.2 Å². The first kappa shape index (κ1) is 18.4. The van der Waals surface area contributed by atoms with Crippen molar-refractivity contribution < 1.29 is 14.4 Å². The molecule has 26 heavy (non-hydrogen) atoms. The van der Waals surface area contributed by atoms with Gasteiger partial charge in [-0.1, -0.05) is 17.7 Å². The number of piperidine rings is 1. The van der Waals surface area contributed by atoms with E-state index < -0.39 is 0 Å². The van der Waals surface area contributed by atoms with Crippen molar-refractivity contribution in [2.24, 2.45) is 11.8 Å². The predicted molar refractivity (Wildman–Crippen MR) is 99.6 cm³/mol. The molecule has 1 aromatic carbocycles. The smallest absolute Gasteiger partial charge is 0.228 e. The molecule has 6 heteroatoms. The molecule has 0 radical (unpaired) electrons. The fourth-order valence-electron chi connectivity index (χ4n) is 3.79. The molecular formula is C20H27N3O3. The highest BCUT2D eigenvalue weighted by Crippen LogP contribution is 2.28. The van der Waals surface area contributed by atoms with Gasteiger partial charge in [0.1, 0.15) is 0 Å². The van der Waals surface area contributed by atoms with Gasteiger partial charge in [0.2, 0.25) is 17.7 Å². The summed E-state index contributed by atoms with van der Waals surface area (Å²) in [5, 5.41) is 2.85. The van der Waals surface area contributed by atoms with E-state index in [9.17, 15) is 14.4 Å². The molecule has 3 amide bonds. The number of aryl methyl sites for hydroxylation is 1. The number of nitrogens with zero attached hydrogens (tertiary/aromatic N) is 2. The van der Waals surface area contributed by atoms with Crippen molar-refractivity contribution in [2.75, 3.05) is 31.1 Å². The number of carbonyl (C=O) groups is 3. The van der Waals surface area contributed by atoms with Gasteiger partial charge in [-0.15, -0.1) is 0 Å². The molecule has 1 atom stereocenters. The zero-order chi connectivity index (χ0) is 18.7. The van der Waals surface area contributed by atoms with Crippen molar-refractivity contribution >= 4 is 23.4 Å². The summed E-state index contributed by atoms with van der Waals surface area (Å²) < 4.78 is 0. The Bertz CT molecular complexity index is 678. The predicted octanol–water partition coefficient (Wildman–Crippen LogP) is 1.72. The third-order valence-corrected chi connectivity index (χ3v) is 5.35. The lowest BCUT2D eigenvalue weighted by atomic mass is 9.94. The molecule has 2 aliphatic heterocycles. The van der Waals surface area contributed by atoms with Crippen LogP contribution in [-0.4, -0.2) is 48.8 Å². The third-order valence-electron chi connectivity index (χ3n) is 5.35. The second-order valence-electron chi connectivity index (χ2n) is 7.24. The lowest BCUT2D eigenvalue weighted by Crippen LogP contribution is -2.45. The summed E-state index contributed by atoms with van der Waals surface area (Å²) in [6, 6.07) is 7.81. The average molecular weight is 357 g/mol. The van der Waals surface area contributed by atoms with E-state index >= 15 is 0 Å². The molecule has 0 aliphatic carbocycles. The molecule has 2 saturated heterocycles. The van der Waals surface area contributed by atoms with Crippen LogP contribution in [0.2, 0.25) is 0 Å². The van der Waals surface area contributed by atoms with Crippen LogP contribution in [0.5, 0.6) is 0 Å². The molecule has 140 valence electrons. The van der Waals surface area contributed by atoms with E-state index in [4.69, 9.17) is 0 Å². The van der Waals surface area contributed by atoms with Crippen LogP contribution in [0, 0.1) is 18.8 Å². The van der Waals surface area contributed by atoms with Crippen LogP contribution in [0.1, 0.15) is 31.7 Å². The molecule has 2 heterocycles. The second-order valence-corrected chi connectivity index (χ2v) is 7.24. The summed E-state index contributed by atoms with van der Waals surface area (Å²) in [6.07, 6.45) is 1.66. The van der Waals surface area contributed by atoms with Gasteiger partial charge in [0, 0.05) is 44.2 Å². The van der Waals surface area contributed by atoms with Crippen molar-refractivity contribution in [3.05, 3.63) is 29.8 Å². The molecule has 1 aromatic rings. The lowest BCUT2D eigenvalue weighted by Gasteiger charge is -2.32. The standard InChI is InChI=1S/C20H27N3O3/c1-3-21-19(25)15-8-10-22(11-9-15)20(26)16-12-18(24)23(13-16)17-6-4-14(2)5-7-17/h4-7,15-16H,3,8-13H2,1-2H3,(H,21,25)/t16-/m0/s1. The van der Waals surface area contributed by atoms with Crippen molar-refractivity contribution in [3.63, 3.8) is 0 Å². The van der Waals surface area contributed by atoms with Gasteiger partial charge in [-0.25, -0.2) is 0 Å². The zero-order valence-electron chi connectivity index (χ0n) is 15.5. The fourth-order valence-corrected chi connectivity index (χ4v) is 3.79. The number of carbonyl (C=O) groups excluding carboxylic acids is 3. The maximum atomic E-state index is 12.8. The normalized spacial score (nSPS) is 21.2. The Hall–Kier alpha value is -2.37. The summed E-state index contributed by atoms with van der Waals surface area (Å²) in [7, 11) is 0. The number of benzene rings is 1. The Kier molecular flexibility index (Phi) is 5.59. The molecule has 0 spiro atoms. The first-order valence-electron chi connectivity index (χ1n) is 9.43. The van der Waals surface area contributed by atoms with E-state index in [1.807, 2.05) is 43.0 Å². The molecule has 2 fully saturated rings. The van der Waals surface area contributed by atoms with E-state index in [0.29, 0.717) is 39.0 Å². The average Bonchev–Trinajstić information content (AvgIpc) is 3.04.